The number of anilines is 1. The number of rotatable bonds is 2. The highest BCUT2D eigenvalue weighted by molar-refractivity contribution is 5.95. The number of hydrogen-bond acceptors (Lipinski definition) is 2. The first-order valence-corrected chi connectivity index (χ1v) is 6.94. The summed E-state index contributed by atoms with van der Waals surface area (Å²) >= 11 is 0. The van der Waals surface area contributed by atoms with E-state index in [2.05, 4.69) is 13.8 Å². The zero-order valence-electron chi connectivity index (χ0n) is 11.8. The van der Waals surface area contributed by atoms with Crippen molar-refractivity contribution in [1.82, 2.24) is 4.90 Å². The predicted octanol–water partition coefficient (Wildman–Crippen LogP) is 3.06. The molecule has 1 saturated heterocycles. The van der Waals surface area contributed by atoms with Crippen LogP contribution >= 0.6 is 0 Å². The number of hydrogen-bond donors (Lipinski definition) is 1. The Morgan fingerprint density at radius 2 is 1.90 bits per heavy atom. The number of nitrogens with zero attached hydrogens (tertiary/aromatic N) is 1. The summed E-state index contributed by atoms with van der Waals surface area (Å²) in [6.45, 7) is 5.38. The lowest BCUT2D eigenvalue weighted by molar-refractivity contribution is 0.0658. The van der Waals surface area contributed by atoms with Crippen LogP contribution in [0, 0.1) is 23.5 Å². The Kier molecular flexibility index (Phi) is 4.26. The van der Waals surface area contributed by atoms with Gasteiger partial charge >= 0.3 is 0 Å². The molecule has 1 heterocycles. The van der Waals surface area contributed by atoms with Crippen LogP contribution in [0.2, 0.25) is 0 Å². The summed E-state index contributed by atoms with van der Waals surface area (Å²) in [4.78, 5) is 13.8. The van der Waals surface area contributed by atoms with E-state index in [1.165, 1.54) is 4.90 Å². The van der Waals surface area contributed by atoms with E-state index < -0.39 is 23.1 Å². The van der Waals surface area contributed by atoms with Crippen LogP contribution in [-0.4, -0.2) is 23.9 Å². The zero-order valence-corrected chi connectivity index (χ0v) is 11.8. The van der Waals surface area contributed by atoms with Gasteiger partial charge in [0.15, 0.2) is 5.82 Å². The molecule has 1 amide bonds. The molecule has 110 valence electrons. The van der Waals surface area contributed by atoms with Gasteiger partial charge in [0.25, 0.3) is 5.91 Å². The number of piperidine rings is 1. The molecule has 1 fully saturated rings. The Balaban J connectivity index is 2.16. The van der Waals surface area contributed by atoms with Gasteiger partial charge in [0.05, 0.1) is 5.69 Å². The van der Waals surface area contributed by atoms with Gasteiger partial charge in [-0.25, -0.2) is 8.78 Å². The molecule has 1 aromatic carbocycles. The van der Waals surface area contributed by atoms with Crippen LogP contribution in [0.5, 0.6) is 0 Å². The third-order valence-corrected chi connectivity index (χ3v) is 4.10. The molecule has 20 heavy (non-hydrogen) atoms. The molecule has 0 aliphatic carbocycles. The normalized spacial score (nSPS) is 16.8. The molecule has 3 nitrogen and oxygen atoms in total. The second-order valence-electron chi connectivity index (χ2n) is 5.70. The second kappa shape index (κ2) is 5.77. The minimum absolute atomic E-state index is 0.202. The maximum atomic E-state index is 13.9. The molecule has 0 saturated carbocycles. The number of benzene rings is 1. The van der Waals surface area contributed by atoms with E-state index in [-0.39, 0.29) is 5.69 Å². The van der Waals surface area contributed by atoms with Crippen molar-refractivity contribution in [3.8, 4) is 0 Å². The summed E-state index contributed by atoms with van der Waals surface area (Å²) in [6.07, 6.45) is 1.74. The Labute approximate surface area is 117 Å². The Morgan fingerprint density at radius 3 is 2.45 bits per heavy atom. The van der Waals surface area contributed by atoms with Gasteiger partial charge in [0, 0.05) is 13.1 Å². The third kappa shape index (κ3) is 2.76. The van der Waals surface area contributed by atoms with Crippen LogP contribution in [0.3, 0.4) is 0 Å². The molecule has 0 bridgehead atoms. The molecule has 2 N–H and O–H groups in total. The van der Waals surface area contributed by atoms with Crippen LogP contribution in [0.1, 0.15) is 37.0 Å². The van der Waals surface area contributed by atoms with Crippen LogP contribution in [0.15, 0.2) is 12.1 Å². The predicted molar refractivity (Wildman–Crippen MR) is 74.2 cm³/mol. The van der Waals surface area contributed by atoms with Gasteiger partial charge in [-0.15, -0.1) is 0 Å². The van der Waals surface area contributed by atoms with E-state index >= 15 is 0 Å². The lowest BCUT2D eigenvalue weighted by atomic mass is 9.86. The summed E-state index contributed by atoms with van der Waals surface area (Å²) < 4.78 is 27.6. The molecular weight excluding hydrogens is 262 g/mol. The lowest BCUT2D eigenvalue weighted by Crippen LogP contribution is -2.40. The van der Waals surface area contributed by atoms with E-state index in [1.54, 1.807) is 0 Å². The first-order valence-electron chi connectivity index (χ1n) is 6.94. The summed E-state index contributed by atoms with van der Waals surface area (Å²) in [7, 11) is 0. The monoisotopic (exact) mass is 282 g/mol. The van der Waals surface area contributed by atoms with E-state index in [1.807, 2.05) is 0 Å². The highest BCUT2D eigenvalue weighted by atomic mass is 19.1. The standard InChI is InChI=1S/C15H20F2N2O/c1-9(2)10-5-7-19(8-6-10)15(20)13-11(16)3-4-12(18)14(13)17/h3-4,9-10H,5-8,18H2,1-2H3. The number of halogens is 2. The summed E-state index contributed by atoms with van der Waals surface area (Å²) in [5, 5.41) is 0. The number of carbonyl (C=O) groups is 1. The largest absolute Gasteiger partial charge is 0.396 e. The van der Waals surface area contributed by atoms with E-state index in [0.29, 0.717) is 24.9 Å². The van der Waals surface area contributed by atoms with Gasteiger partial charge in [0.1, 0.15) is 11.4 Å². The second-order valence-corrected chi connectivity index (χ2v) is 5.70. The zero-order chi connectivity index (χ0) is 14.9. The summed E-state index contributed by atoms with van der Waals surface area (Å²) in [5.74, 6) is -1.29. The van der Waals surface area contributed by atoms with Crippen LogP contribution in [0.4, 0.5) is 14.5 Å². The van der Waals surface area contributed by atoms with Crippen LogP contribution in [-0.2, 0) is 0 Å². The smallest absolute Gasteiger partial charge is 0.259 e. The maximum absolute atomic E-state index is 13.9. The van der Waals surface area contributed by atoms with Gasteiger partial charge in [-0.3, -0.25) is 4.79 Å². The fourth-order valence-electron chi connectivity index (χ4n) is 2.69. The third-order valence-electron chi connectivity index (χ3n) is 4.10. The Morgan fingerprint density at radius 1 is 1.30 bits per heavy atom. The van der Waals surface area contributed by atoms with E-state index in [9.17, 15) is 13.6 Å². The molecule has 5 heteroatoms. The van der Waals surface area contributed by atoms with Crippen LogP contribution < -0.4 is 5.73 Å². The van der Waals surface area contributed by atoms with Crippen molar-refractivity contribution in [2.45, 2.75) is 26.7 Å². The SMILES string of the molecule is CC(C)C1CCN(C(=O)c2c(F)ccc(N)c2F)CC1. The van der Waals surface area contributed by atoms with Gasteiger partial charge < -0.3 is 10.6 Å². The van der Waals surface area contributed by atoms with Crippen molar-refractivity contribution in [1.29, 1.82) is 0 Å². The summed E-state index contributed by atoms with van der Waals surface area (Å²) in [6, 6.07) is 2.17. The highest BCUT2D eigenvalue weighted by Gasteiger charge is 2.29. The number of nitrogen functional groups attached to an aromatic ring is 1. The van der Waals surface area contributed by atoms with Crippen molar-refractivity contribution in [3.05, 3.63) is 29.3 Å². The van der Waals surface area contributed by atoms with Crippen molar-refractivity contribution in [2.24, 2.45) is 11.8 Å². The van der Waals surface area contributed by atoms with Crippen molar-refractivity contribution < 1.29 is 13.6 Å². The van der Waals surface area contributed by atoms with Crippen molar-refractivity contribution in [2.75, 3.05) is 18.8 Å². The van der Waals surface area contributed by atoms with Crippen LogP contribution in [0.25, 0.3) is 0 Å². The first-order chi connectivity index (χ1) is 9.41. The lowest BCUT2D eigenvalue weighted by Gasteiger charge is -2.34. The van der Waals surface area contributed by atoms with Gasteiger partial charge in [0.2, 0.25) is 0 Å². The van der Waals surface area contributed by atoms with Crippen molar-refractivity contribution in [3.63, 3.8) is 0 Å². The quantitative estimate of drug-likeness (QED) is 0.847. The van der Waals surface area contributed by atoms with Gasteiger partial charge in [-0.05, 0) is 36.8 Å². The molecule has 0 spiro atoms. The molecular formula is C15H20F2N2O. The fraction of sp³-hybridized carbons (Fsp3) is 0.533. The van der Waals surface area contributed by atoms with Crippen molar-refractivity contribution >= 4 is 11.6 Å². The molecule has 0 unspecified atom stereocenters. The molecule has 1 aromatic rings. The highest BCUT2D eigenvalue weighted by Crippen LogP contribution is 2.27. The van der Waals surface area contributed by atoms with Gasteiger partial charge in [-0.1, -0.05) is 13.8 Å². The number of carbonyl (C=O) groups excluding carboxylic acids is 1. The fourth-order valence-corrected chi connectivity index (χ4v) is 2.69. The molecule has 0 atom stereocenters. The topological polar surface area (TPSA) is 46.3 Å². The number of amides is 1. The molecule has 2 rings (SSSR count). The Bertz CT molecular complexity index is 509. The minimum atomic E-state index is -0.957. The average Bonchev–Trinajstić information content (AvgIpc) is 2.43. The molecule has 0 radical (unpaired) electrons. The molecule has 0 aromatic heterocycles. The number of likely N-dealkylation sites (tertiary alicyclic amines) is 1. The van der Waals surface area contributed by atoms with Gasteiger partial charge in [-0.2, -0.15) is 0 Å². The first kappa shape index (κ1) is 14.8. The average molecular weight is 282 g/mol. The van der Waals surface area contributed by atoms with E-state index in [0.717, 1.165) is 25.0 Å². The van der Waals surface area contributed by atoms with E-state index in [4.69, 9.17) is 5.73 Å². The Hall–Kier alpha value is -1.65. The molecule has 1 aliphatic heterocycles. The minimum Gasteiger partial charge on any atom is -0.396 e. The number of nitrogens with two attached hydrogens (primary N) is 1. The maximum Gasteiger partial charge on any atom is 0.259 e. The summed E-state index contributed by atoms with van der Waals surface area (Å²) in [5.41, 5.74) is 4.67. The molecule has 1 aliphatic rings.